The molecule has 1 heterocycles. The molecule has 1 aliphatic rings. The van der Waals surface area contributed by atoms with E-state index < -0.39 is 0 Å². The molecule has 0 atom stereocenters. The lowest BCUT2D eigenvalue weighted by Crippen LogP contribution is -2.17. The highest BCUT2D eigenvalue weighted by Gasteiger charge is 2.14. The first-order chi connectivity index (χ1) is 7.38. The molecule has 1 fully saturated rings. The number of benzene rings is 1. The largest absolute Gasteiger partial charge is 0.381 e. The summed E-state index contributed by atoms with van der Waals surface area (Å²) in [6.07, 6.45) is 3.13. The van der Waals surface area contributed by atoms with Crippen molar-refractivity contribution in [1.82, 2.24) is 0 Å². The Balaban J connectivity index is 1.94. The first kappa shape index (κ1) is 10.7. The van der Waals surface area contributed by atoms with Crippen LogP contribution in [0.15, 0.2) is 29.2 Å². The van der Waals surface area contributed by atoms with Crippen LogP contribution >= 0.6 is 11.8 Å². The van der Waals surface area contributed by atoms with Gasteiger partial charge in [0.15, 0.2) is 0 Å². The number of rotatable bonds is 3. The van der Waals surface area contributed by atoms with Gasteiger partial charge in [0.2, 0.25) is 0 Å². The van der Waals surface area contributed by atoms with Crippen molar-refractivity contribution in [3.63, 3.8) is 0 Å². The van der Waals surface area contributed by atoms with Crippen molar-refractivity contribution in [1.29, 1.82) is 0 Å². The smallest absolute Gasteiger partial charge is 0.150 e. The second kappa shape index (κ2) is 5.33. The third-order valence-corrected chi connectivity index (χ3v) is 3.84. The molecule has 1 aromatic rings. The molecule has 2 nitrogen and oxygen atoms in total. The van der Waals surface area contributed by atoms with Crippen molar-refractivity contribution in [3.05, 3.63) is 29.8 Å². The van der Waals surface area contributed by atoms with Crippen LogP contribution in [0.5, 0.6) is 0 Å². The molecule has 80 valence electrons. The number of carbonyl (C=O) groups excluding carboxylic acids is 1. The highest BCUT2D eigenvalue weighted by atomic mass is 32.2. The van der Waals surface area contributed by atoms with Gasteiger partial charge in [0.05, 0.1) is 0 Å². The zero-order valence-electron chi connectivity index (χ0n) is 8.52. The number of hydrogen-bond acceptors (Lipinski definition) is 3. The van der Waals surface area contributed by atoms with Crippen molar-refractivity contribution in [2.45, 2.75) is 23.0 Å². The summed E-state index contributed by atoms with van der Waals surface area (Å²) in [7, 11) is 0. The molecular weight excluding hydrogens is 208 g/mol. The van der Waals surface area contributed by atoms with Crippen LogP contribution in [0.2, 0.25) is 0 Å². The minimum absolute atomic E-state index is 0.667. The average Bonchev–Trinajstić information content (AvgIpc) is 2.31. The normalized spacial score (nSPS) is 17.6. The fourth-order valence-electron chi connectivity index (χ4n) is 1.61. The van der Waals surface area contributed by atoms with Crippen molar-refractivity contribution in [2.75, 3.05) is 13.2 Å². The summed E-state index contributed by atoms with van der Waals surface area (Å²) in [5, 5.41) is 0.667. The van der Waals surface area contributed by atoms with Crippen LogP contribution in [0, 0.1) is 0 Å². The first-order valence-electron chi connectivity index (χ1n) is 5.18. The summed E-state index contributed by atoms with van der Waals surface area (Å²) < 4.78 is 5.31. The number of thioether (sulfide) groups is 1. The summed E-state index contributed by atoms with van der Waals surface area (Å²) in [5.74, 6) is 0. The number of aldehydes is 1. The van der Waals surface area contributed by atoms with Gasteiger partial charge in [0, 0.05) is 28.9 Å². The van der Waals surface area contributed by atoms with Crippen LogP contribution in [0.1, 0.15) is 23.2 Å². The topological polar surface area (TPSA) is 26.3 Å². The molecule has 15 heavy (non-hydrogen) atoms. The van der Waals surface area contributed by atoms with Gasteiger partial charge in [-0.2, -0.15) is 0 Å². The van der Waals surface area contributed by atoms with E-state index in [1.807, 2.05) is 36.0 Å². The Bertz CT molecular complexity index is 315. The van der Waals surface area contributed by atoms with Gasteiger partial charge in [-0.15, -0.1) is 11.8 Å². The molecule has 1 saturated heterocycles. The maximum absolute atomic E-state index is 10.5. The molecule has 0 saturated carbocycles. The third-order valence-electron chi connectivity index (χ3n) is 2.49. The first-order valence-corrected chi connectivity index (χ1v) is 6.06. The minimum Gasteiger partial charge on any atom is -0.381 e. The maximum Gasteiger partial charge on any atom is 0.150 e. The molecule has 0 radical (unpaired) electrons. The van der Waals surface area contributed by atoms with Gasteiger partial charge in [-0.25, -0.2) is 0 Å². The van der Waals surface area contributed by atoms with E-state index >= 15 is 0 Å². The zero-order valence-corrected chi connectivity index (χ0v) is 9.33. The second-order valence-electron chi connectivity index (χ2n) is 3.62. The van der Waals surface area contributed by atoms with E-state index in [0.717, 1.165) is 37.9 Å². The Hall–Kier alpha value is -0.800. The van der Waals surface area contributed by atoms with Crippen molar-refractivity contribution < 1.29 is 9.53 Å². The third kappa shape index (κ3) is 3.08. The van der Waals surface area contributed by atoms with Crippen LogP contribution in [-0.2, 0) is 4.74 Å². The molecule has 2 rings (SSSR count). The predicted octanol–water partition coefficient (Wildman–Crippen LogP) is 2.77. The minimum atomic E-state index is 0.667. The molecule has 1 aromatic carbocycles. The summed E-state index contributed by atoms with van der Waals surface area (Å²) in [6, 6.07) is 7.77. The Morgan fingerprint density at radius 1 is 1.20 bits per heavy atom. The summed E-state index contributed by atoms with van der Waals surface area (Å²) >= 11 is 1.89. The quantitative estimate of drug-likeness (QED) is 0.736. The van der Waals surface area contributed by atoms with Crippen LogP contribution in [0.4, 0.5) is 0 Å². The number of ether oxygens (including phenoxy) is 1. The van der Waals surface area contributed by atoms with Crippen LogP contribution in [-0.4, -0.2) is 24.7 Å². The fourth-order valence-corrected chi connectivity index (χ4v) is 2.72. The lowest BCUT2D eigenvalue weighted by molar-refractivity contribution is 0.100. The van der Waals surface area contributed by atoms with Crippen molar-refractivity contribution in [3.8, 4) is 0 Å². The van der Waals surface area contributed by atoms with E-state index in [-0.39, 0.29) is 0 Å². The van der Waals surface area contributed by atoms with E-state index in [0.29, 0.717) is 5.25 Å². The van der Waals surface area contributed by atoms with E-state index in [1.54, 1.807) is 0 Å². The SMILES string of the molecule is O=Cc1ccc(SC2CCOCC2)cc1. The Kier molecular flexibility index (Phi) is 3.80. The van der Waals surface area contributed by atoms with Crippen LogP contribution in [0.3, 0.4) is 0 Å². The average molecular weight is 222 g/mol. The summed E-state index contributed by atoms with van der Waals surface area (Å²) in [6.45, 7) is 1.76. The molecule has 1 aliphatic heterocycles. The predicted molar refractivity (Wildman–Crippen MR) is 61.5 cm³/mol. The standard InChI is InChI=1S/C12H14O2S/c13-9-10-1-3-11(4-2-10)15-12-5-7-14-8-6-12/h1-4,9,12H,5-8H2. The zero-order chi connectivity index (χ0) is 10.5. The lowest BCUT2D eigenvalue weighted by Gasteiger charge is -2.21. The lowest BCUT2D eigenvalue weighted by atomic mass is 10.2. The molecular formula is C12H14O2S. The molecule has 0 amide bonds. The monoisotopic (exact) mass is 222 g/mol. The molecule has 3 heteroatoms. The molecule has 0 aliphatic carbocycles. The Morgan fingerprint density at radius 3 is 2.47 bits per heavy atom. The van der Waals surface area contributed by atoms with Gasteiger partial charge in [-0.05, 0) is 25.0 Å². The molecule has 0 aromatic heterocycles. The molecule has 0 unspecified atom stereocenters. The fraction of sp³-hybridized carbons (Fsp3) is 0.417. The van der Waals surface area contributed by atoms with Gasteiger partial charge in [-0.1, -0.05) is 12.1 Å². The summed E-state index contributed by atoms with van der Waals surface area (Å²) in [4.78, 5) is 11.7. The highest BCUT2D eigenvalue weighted by molar-refractivity contribution is 8.00. The Labute approximate surface area is 94.0 Å². The number of carbonyl (C=O) groups is 1. The Morgan fingerprint density at radius 2 is 1.87 bits per heavy atom. The van der Waals surface area contributed by atoms with E-state index in [4.69, 9.17) is 4.74 Å². The summed E-state index contributed by atoms with van der Waals surface area (Å²) in [5.41, 5.74) is 0.742. The van der Waals surface area contributed by atoms with Gasteiger partial charge in [0.25, 0.3) is 0 Å². The van der Waals surface area contributed by atoms with Gasteiger partial charge in [-0.3, -0.25) is 4.79 Å². The maximum atomic E-state index is 10.5. The second-order valence-corrected chi connectivity index (χ2v) is 4.99. The van der Waals surface area contributed by atoms with Crippen molar-refractivity contribution in [2.24, 2.45) is 0 Å². The van der Waals surface area contributed by atoms with E-state index in [2.05, 4.69) is 0 Å². The van der Waals surface area contributed by atoms with E-state index in [1.165, 1.54) is 4.90 Å². The van der Waals surface area contributed by atoms with E-state index in [9.17, 15) is 4.79 Å². The van der Waals surface area contributed by atoms with Crippen LogP contribution < -0.4 is 0 Å². The molecule has 0 spiro atoms. The van der Waals surface area contributed by atoms with Gasteiger partial charge < -0.3 is 4.74 Å². The van der Waals surface area contributed by atoms with Crippen molar-refractivity contribution >= 4 is 18.0 Å². The molecule has 0 bridgehead atoms. The highest BCUT2D eigenvalue weighted by Crippen LogP contribution is 2.29. The van der Waals surface area contributed by atoms with Gasteiger partial charge >= 0.3 is 0 Å². The van der Waals surface area contributed by atoms with Crippen LogP contribution in [0.25, 0.3) is 0 Å². The van der Waals surface area contributed by atoms with Gasteiger partial charge in [0.1, 0.15) is 6.29 Å². The number of hydrogen-bond donors (Lipinski definition) is 0. The molecule has 0 N–H and O–H groups in total.